The van der Waals surface area contributed by atoms with Crippen molar-refractivity contribution in [2.45, 2.75) is 19.8 Å². The van der Waals surface area contributed by atoms with Gasteiger partial charge in [-0.25, -0.2) is 4.72 Å². The van der Waals surface area contributed by atoms with Crippen molar-refractivity contribution in [1.82, 2.24) is 14.3 Å². The minimum Gasteiger partial charge on any atom is -0.469 e. The normalized spacial score (nSPS) is 18.4. The predicted molar refractivity (Wildman–Crippen MR) is 71.8 cm³/mol. The van der Waals surface area contributed by atoms with Gasteiger partial charge in [0.05, 0.1) is 13.0 Å². The summed E-state index contributed by atoms with van der Waals surface area (Å²) >= 11 is 0. The standard InChI is InChI=1S/C11H23N3O4S/c1-3-12-6-7-13-19(16,17)14-8-4-10(5-9-14)11(15)18-2/h10,12-13H,3-9H2,1-2H3. The van der Waals surface area contributed by atoms with Crippen molar-refractivity contribution in [2.75, 3.05) is 39.8 Å². The van der Waals surface area contributed by atoms with Gasteiger partial charge in [-0.15, -0.1) is 0 Å². The maximum atomic E-state index is 12.0. The van der Waals surface area contributed by atoms with E-state index in [0.29, 0.717) is 39.0 Å². The molecule has 8 heteroatoms. The number of hydrogen-bond acceptors (Lipinski definition) is 5. The van der Waals surface area contributed by atoms with E-state index in [1.54, 1.807) is 0 Å². The number of likely N-dealkylation sites (N-methyl/N-ethyl adjacent to an activating group) is 1. The minimum absolute atomic E-state index is 0.182. The number of carbonyl (C=O) groups excluding carboxylic acids is 1. The quantitative estimate of drug-likeness (QED) is 0.479. The van der Waals surface area contributed by atoms with Gasteiger partial charge in [0.2, 0.25) is 0 Å². The van der Waals surface area contributed by atoms with Crippen LogP contribution in [0.1, 0.15) is 19.8 Å². The van der Waals surface area contributed by atoms with Crippen LogP contribution in [0.2, 0.25) is 0 Å². The van der Waals surface area contributed by atoms with Crippen LogP contribution in [-0.4, -0.2) is 58.5 Å². The van der Waals surface area contributed by atoms with E-state index < -0.39 is 10.2 Å². The fraction of sp³-hybridized carbons (Fsp3) is 0.909. The second-order valence-corrected chi connectivity index (χ2v) is 6.20. The molecule has 0 unspecified atom stereocenters. The molecule has 0 radical (unpaired) electrons. The van der Waals surface area contributed by atoms with Gasteiger partial charge in [0.25, 0.3) is 10.2 Å². The molecule has 1 aliphatic heterocycles. The van der Waals surface area contributed by atoms with Gasteiger partial charge >= 0.3 is 5.97 Å². The second-order valence-electron chi connectivity index (χ2n) is 4.45. The third-order valence-corrected chi connectivity index (χ3v) is 4.78. The van der Waals surface area contributed by atoms with E-state index in [9.17, 15) is 13.2 Å². The van der Waals surface area contributed by atoms with Crippen LogP contribution in [0, 0.1) is 5.92 Å². The van der Waals surface area contributed by atoms with Gasteiger partial charge in [-0.05, 0) is 19.4 Å². The number of piperidine rings is 1. The highest BCUT2D eigenvalue weighted by Crippen LogP contribution is 2.19. The topological polar surface area (TPSA) is 87.7 Å². The van der Waals surface area contributed by atoms with Gasteiger partial charge in [-0.3, -0.25) is 4.79 Å². The second kappa shape index (κ2) is 7.78. The third-order valence-electron chi connectivity index (χ3n) is 3.16. The van der Waals surface area contributed by atoms with Crippen LogP contribution in [0.4, 0.5) is 0 Å². The molecular weight excluding hydrogens is 270 g/mol. The van der Waals surface area contributed by atoms with Crippen molar-refractivity contribution >= 4 is 16.2 Å². The average Bonchev–Trinajstić information content (AvgIpc) is 2.43. The fourth-order valence-corrected chi connectivity index (χ4v) is 3.27. The number of esters is 1. The molecular formula is C11H23N3O4S. The van der Waals surface area contributed by atoms with Gasteiger partial charge < -0.3 is 10.1 Å². The first-order valence-electron chi connectivity index (χ1n) is 6.54. The molecule has 7 nitrogen and oxygen atoms in total. The first-order valence-corrected chi connectivity index (χ1v) is 7.98. The predicted octanol–water partition coefficient (Wildman–Crippen LogP) is -0.685. The molecule has 0 aromatic rings. The Bertz CT molecular complexity index is 377. The molecule has 1 aliphatic rings. The smallest absolute Gasteiger partial charge is 0.308 e. The van der Waals surface area contributed by atoms with E-state index in [1.165, 1.54) is 11.4 Å². The number of carbonyl (C=O) groups is 1. The number of ether oxygens (including phenoxy) is 1. The first kappa shape index (κ1) is 16.4. The lowest BCUT2D eigenvalue weighted by molar-refractivity contribution is -0.146. The van der Waals surface area contributed by atoms with E-state index in [4.69, 9.17) is 0 Å². The van der Waals surface area contributed by atoms with Crippen molar-refractivity contribution in [3.05, 3.63) is 0 Å². The Kier molecular flexibility index (Phi) is 6.70. The van der Waals surface area contributed by atoms with E-state index in [2.05, 4.69) is 14.8 Å². The van der Waals surface area contributed by atoms with Gasteiger partial charge in [0.15, 0.2) is 0 Å². The summed E-state index contributed by atoms with van der Waals surface area (Å²) in [6.45, 7) is 4.46. The molecule has 19 heavy (non-hydrogen) atoms. The zero-order valence-corrected chi connectivity index (χ0v) is 12.3. The van der Waals surface area contributed by atoms with E-state index in [0.717, 1.165) is 6.54 Å². The summed E-state index contributed by atoms with van der Waals surface area (Å²) in [7, 11) is -2.07. The largest absolute Gasteiger partial charge is 0.469 e. The van der Waals surface area contributed by atoms with Crippen LogP contribution >= 0.6 is 0 Å². The van der Waals surface area contributed by atoms with E-state index >= 15 is 0 Å². The lowest BCUT2D eigenvalue weighted by Gasteiger charge is -2.29. The molecule has 1 saturated heterocycles. The number of hydrogen-bond donors (Lipinski definition) is 2. The van der Waals surface area contributed by atoms with Crippen LogP contribution in [0.25, 0.3) is 0 Å². The van der Waals surface area contributed by atoms with Crippen molar-refractivity contribution in [1.29, 1.82) is 0 Å². The maximum Gasteiger partial charge on any atom is 0.308 e. The van der Waals surface area contributed by atoms with Crippen molar-refractivity contribution in [3.8, 4) is 0 Å². The number of methoxy groups -OCH3 is 1. The molecule has 0 aromatic carbocycles. The molecule has 1 rings (SSSR count). The Hall–Kier alpha value is -0.700. The molecule has 0 atom stereocenters. The summed E-state index contributed by atoms with van der Waals surface area (Å²) in [5.74, 6) is -0.435. The summed E-state index contributed by atoms with van der Waals surface area (Å²) in [5, 5.41) is 3.05. The molecule has 0 saturated carbocycles. The molecule has 1 heterocycles. The van der Waals surface area contributed by atoms with Gasteiger partial charge in [-0.1, -0.05) is 6.92 Å². The van der Waals surface area contributed by atoms with Crippen molar-refractivity contribution < 1.29 is 17.9 Å². The molecule has 0 spiro atoms. The molecule has 2 N–H and O–H groups in total. The van der Waals surface area contributed by atoms with E-state index in [1.807, 2.05) is 6.92 Å². The molecule has 0 bridgehead atoms. The Morgan fingerprint density at radius 3 is 2.47 bits per heavy atom. The summed E-state index contributed by atoms with van der Waals surface area (Å²) in [5.41, 5.74) is 0. The van der Waals surface area contributed by atoms with Gasteiger partial charge in [-0.2, -0.15) is 12.7 Å². The van der Waals surface area contributed by atoms with E-state index in [-0.39, 0.29) is 11.9 Å². The van der Waals surface area contributed by atoms with Crippen molar-refractivity contribution in [3.63, 3.8) is 0 Å². The molecule has 0 aliphatic carbocycles. The monoisotopic (exact) mass is 293 g/mol. The number of rotatable bonds is 7. The summed E-state index contributed by atoms with van der Waals surface area (Å²) in [6, 6.07) is 0. The Morgan fingerprint density at radius 2 is 1.95 bits per heavy atom. The average molecular weight is 293 g/mol. The summed E-state index contributed by atoms with van der Waals surface area (Å²) < 4.78 is 32.5. The zero-order chi connectivity index (χ0) is 14.3. The Balaban J connectivity index is 2.39. The number of nitrogens with zero attached hydrogens (tertiary/aromatic N) is 1. The molecule has 112 valence electrons. The summed E-state index contributed by atoms with van der Waals surface area (Å²) in [4.78, 5) is 11.4. The summed E-state index contributed by atoms with van der Waals surface area (Å²) in [6.07, 6.45) is 1.03. The highest BCUT2D eigenvalue weighted by Gasteiger charge is 2.31. The Morgan fingerprint density at radius 1 is 1.32 bits per heavy atom. The highest BCUT2D eigenvalue weighted by molar-refractivity contribution is 7.87. The lowest BCUT2D eigenvalue weighted by atomic mass is 9.99. The van der Waals surface area contributed by atoms with Gasteiger partial charge in [0.1, 0.15) is 0 Å². The van der Waals surface area contributed by atoms with Crippen LogP contribution in [-0.2, 0) is 19.7 Å². The van der Waals surface area contributed by atoms with Crippen LogP contribution in [0.15, 0.2) is 0 Å². The SMILES string of the molecule is CCNCCNS(=O)(=O)N1CCC(C(=O)OC)CC1. The number of nitrogens with one attached hydrogen (secondary N) is 2. The zero-order valence-electron chi connectivity index (χ0n) is 11.5. The van der Waals surface area contributed by atoms with Crippen LogP contribution in [0.5, 0.6) is 0 Å². The molecule has 0 aromatic heterocycles. The minimum atomic E-state index is -3.43. The first-order chi connectivity index (χ1) is 9.01. The fourth-order valence-electron chi connectivity index (χ4n) is 2.03. The molecule has 1 fully saturated rings. The lowest BCUT2D eigenvalue weighted by Crippen LogP contribution is -2.47. The van der Waals surface area contributed by atoms with Crippen molar-refractivity contribution in [2.24, 2.45) is 5.92 Å². The van der Waals surface area contributed by atoms with Gasteiger partial charge in [0, 0.05) is 26.2 Å². The van der Waals surface area contributed by atoms with Crippen LogP contribution < -0.4 is 10.0 Å². The third kappa shape index (κ3) is 5.06. The molecule has 0 amide bonds. The van der Waals surface area contributed by atoms with Crippen LogP contribution in [0.3, 0.4) is 0 Å². The maximum absolute atomic E-state index is 12.0. The highest BCUT2D eigenvalue weighted by atomic mass is 32.2. The Labute approximate surface area is 114 Å².